The largest absolute Gasteiger partial charge is 0.453 e. The number of rotatable bonds is 9. The molecule has 2 atom stereocenters. The Bertz CT molecular complexity index is 1600. The van der Waals surface area contributed by atoms with Crippen molar-refractivity contribution in [3.8, 4) is 17.9 Å². The van der Waals surface area contributed by atoms with E-state index in [2.05, 4.69) is 41.7 Å². The lowest BCUT2D eigenvalue weighted by Crippen LogP contribution is -2.49. The second-order valence-corrected chi connectivity index (χ2v) is 10.3. The van der Waals surface area contributed by atoms with Gasteiger partial charge in [0.2, 0.25) is 5.95 Å². The third-order valence-corrected chi connectivity index (χ3v) is 7.12. The van der Waals surface area contributed by atoms with Crippen LogP contribution in [-0.2, 0) is 9.53 Å². The summed E-state index contributed by atoms with van der Waals surface area (Å²) in [4.78, 5) is 34.0. The minimum atomic E-state index is -0.872. The number of benzene rings is 1. The molecule has 2 fully saturated rings. The summed E-state index contributed by atoms with van der Waals surface area (Å²) >= 11 is 6.74. The normalized spacial score (nSPS) is 17.0. The van der Waals surface area contributed by atoms with Crippen LogP contribution in [0, 0.1) is 22.7 Å². The molecule has 1 saturated heterocycles. The fourth-order valence-electron chi connectivity index (χ4n) is 4.45. The van der Waals surface area contributed by atoms with E-state index < -0.39 is 18.1 Å². The van der Waals surface area contributed by atoms with E-state index in [1.807, 2.05) is 12.1 Å². The molecule has 15 nitrogen and oxygen atoms in total. The Kier molecular flexibility index (Phi) is 8.53. The number of nitriles is 2. The first-order chi connectivity index (χ1) is 20.3. The van der Waals surface area contributed by atoms with Crippen LogP contribution >= 0.6 is 11.6 Å². The molecule has 1 aromatic carbocycles. The fourth-order valence-corrected chi connectivity index (χ4v) is 4.68. The van der Waals surface area contributed by atoms with Crippen molar-refractivity contribution in [2.45, 2.75) is 50.7 Å². The van der Waals surface area contributed by atoms with Gasteiger partial charge in [-0.1, -0.05) is 11.6 Å². The van der Waals surface area contributed by atoms with Gasteiger partial charge in [0.05, 0.1) is 30.2 Å². The molecule has 3 aromatic rings. The van der Waals surface area contributed by atoms with Gasteiger partial charge in [0.15, 0.2) is 22.9 Å². The number of halogens is 1. The summed E-state index contributed by atoms with van der Waals surface area (Å²) in [5, 5.41) is 38.9. The Morgan fingerprint density at radius 3 is 2.69 bits per heavy atom. The molecule has 0 radical (unpaired) electrons. The van der Waals surface area contributed by atoms with E-state index in [1.54, 1.807) is 6.92 Å². The van der Waals surface area contributed by atoms with E-state index in [4.69, 9.17) is 21.1 Å². The highest BCUT2D eigenvalue weighted by Gasteiger charge is 2.27. The zero-order valence-electron chi connectivity index (χ0n) is 22.8. The number of carbonyl (C=O) groups excluding carboxylic acids is 2. The van der Waals surface area contributed by atoms with Crippen LogP contribution in [0.2, 0.25) is 5.02 Å². The summed E-state index contributed by atoms with van der Waals surface area (Å²) in [6.07, 6.45) is 4.30. The first kappa shape index (κ1) is 28.8. The standard InChI is InChI=1S/C26H28ClN11O4/c1-13(32-16-4-3-7-30-11-16)24(39)42-18-8-14(9-28)20(35-26(40)41-2)21(19(18)27)34-25-36-22(33-15-5-6-15)23-31-12-17(10-29)38(23)37-25/h8,12-13,15-16,30,32H,3-7,11H2,1-2H3,(H,35,40)(H2,33,34,36,37)/t13-,16+/m0/s1. The molecule has 1 saturated carbocycles. The first-order valence-electron chi connectivity index (χ1n) is 13.3. The summed E-state index contributed by atoms with van der Waals surface area (Å²) < 4.78 is 11.7. The number of fused-ring (bicyclic) bond motifs is 1. The number of hydrogen-bond acceptors (Lipinski definition) is 13. The number of methoxy groups -OCH3 is 1. The Labute approximate surface area is 245 Å². The highest BCUT2D eigenvalue weighted by Crippen LogP contribution is 2.42. The van der Waals surface area contributed by atoms with E-state index in [0.29, 0.717) is 11.5 Å². The molecular formula is C26H28ClN11O4. The minimum absolute atomic E-state index is 0.0312. The molecule has 2 aliphatic rings. The summed E-state index contributed by atoms with van der Waals surface area (Å²) in [6.45, 7) is 3.34. The van der Waals surface area contributed by atoms with Crippen LogP contribution in [0.4, 0.5) is 27.9 Å². The van der Waals surface area contributed by atoms with Crippen LogP contribution in [0.3, 0.4) is 0 Å². The van der Waals surface area contributed by atoms with E-state index >= 15 is 0 Å². The molecule has 3 heterocycles. The Morgan fingerprint density at radius 2 is 2.02 bits per heavy atom. The van der Waals surface area contributed by atoms with E-state index in [0.717, 1.165) is 45.9 Å². The quantitative estimate of drug-likeness (QED) is 0.179. The van der Waals surface area contributed by atoms with Crippen molar-refractivity contribution in [1.82, 2.24) is 30.2 Å². The van der Waals surface area contributed by atoms with Crippen molar-refractivity contribution in [2.24, 2.45) is 0 Å². The molecule has 5 N–H and O–H groups in total. The molecule has 16 heteroatoms. The molecule has 1 aliphatic carbocycles. The van der Waals surface area contributed by atoms with E-state index in [1.165, 1.54) is 16.8 Å². The van der Waals surface area contributed by atoms with Crippen molar-refractivity contribution in [3.63, 3.8) is 0 Å². The average molecular weight is 594 g/mol. The second kappa shape index (κ2) is 12.4. The number of anilines is 4. The SMILES string of the molecule is COC(=O)Nc1c(C#N)cc(OC(=O)[C@H](C)N[C@@H]2CCCNC2)c(Cl)c1Nc1nc(NC2CC2)c2ncc(C#N)n2n1. The topological polar surface area (TPSA) is 203 Å². The Balaban J connectivity index is 1.52. The summed E-state index contributed by atoms with van der Waals surface area (Å²) in [5.74, 6) is -0.404. The first-order valence-corrected chi connectivity index (χ1v) is 13.7. The van der Waals surface area contributed by atoms with Gasteiger partial charge in [-0.05, 0) is 39.2 Å². The van der Waals surface area contributed by atoms with Gasteiger partial charge in [-0.25, -0.2) is 14.6 Å². The number of amides is 1. The van der Waals surface area contributed by atoms with Gasteiger partial charge < -0.3 is 30.7 Å². The number of hydrogen-bond donors (Lipinski definition) is 5. The lowest BCUT2D eigenvalue weighted by atomic mass is 10.1. The van der Waals surface area contributed by atoms with Crippen LogP contribution in [0.5, 0.6) is 5.75 Å². The molecule has 0 unspecified atom stereocenters. The molecule has 5 rings (SSSR count). The highest BCUT2D eigenvalue weighted by molar-refractivity contribution is 6.36. The van der Waals surface area contributed by atoms with Gasteiger partial charge in [0, 0.05) is 24.7 Å². The van der Waals surface area contributed by atoms with Gasteiger partial charge in [0.1, 0.15) is 23.2 Å². The van der Waals surface area contributed by atoms with Crippen molar-refractivity contribution in [2.75, 3.05) is 36.1 Å². The minimum Gasteiger partial charge on any atom is -0.453 e. The number of piperidine rings is 1. The predicted molar refractivity (Wildman–Crippen MR) is 152 cm³/mol. The van der Waals surface area contributed by atoms with Crippen molar-refractivity contribution >= 4 is 52.5 Å². The number of esters is 1. The Morgan fingerprint density at radius 1 is 1.21 bits per heavy atom. The maximum absolute atomic E-state index is 13.0. The van der Waals surface area contributed by atoms with Gasteiger partial charge >= 0.3 is 12.1 Å². The number of aromatic nitrogens is 4. The average Bonchev–Trinajstić information content (AvgIpc) is 3.72. The zero-order valence-corrected chi connectivity index (χ0v) is 23.6. The third-order valence-electron chi connectivity index (χ3n) is 6.74. The van der Waals surface area contributed by atoms with Crippen molar-refractivity contribution in [3.05, 3.63) is 28.5 Å². The number of carbonyl (C=O) groups is 2. The van der Waals surface area contributed by atoms with Crippen LogP contribution in [0.25, 0.3) is 5.65 Å². The van der Waals surface area contributed by atoms with Crippen LogP contribution in [0.1, 0.15) is 43.9 Å². The zero-order chi connectivity index (χ0) is 29.8. The summed E-state index contributed by atoms with van der Waals surface area (Å²) in [7, 11) is 1.16. The maximum Gasteiger partial charge on any atom is 0.411 e. The van der Waals surface area contributed by atoms with E-state index in [9.17, 15) is 20.1 Å². The van der Waals surface area contributed by atoms with Gasteiger partial charge in [-0.15, -0.1) is 5.10 Å². The van der Waals surface area contributed by atoms with E-state index in [-0.39, 0.29) is 51.4 Å². The van der Waals surface area contributed by atoms with Gasteiger partial charge in [0.25, 0.3) is 0 Å². The van der Waals surface area contributed by atoms with Crippen LogP contribution in [0.15, 0.2) is 12.3 Å². The summed E-state index contributed by atoms with van der Waals surface area (Å²) in [5.41, 5.74) is 0.336. The molecule has 1 amide bonds. The number of ether oxygens (including phenoxy) is 2. The summed E-state index contributed by atoms with van der Waals surface area (Å²) in [6, 6.07) is 4.88. The van der Waals surface area contributed by atoms with Gasteiger partial charge in [-0.3, -0.25) is 5.32 Å². The Hall–Kier alpha value is -4.70. The molecule has 1 aliphatic heterocycles. The number of imidazole rings is 1. The fraction of sp³-hybridized carbons (Fsp3) is 0.423. The predicted octanol–water partition coefficient (Wildman–Crippen LogP) is 2.65. The second-order valence-electron chi connectivity index (χ2n) is 9.89. The smallest absolute Gasteiger partial charge is 0.411 e. The molecule has 0 spiro atoms. The monoisotopic (exact) mass is 593 g/mol. The van der Waals surface area contributed by atoms with Crippen molar-refractivity contribution < 1.29 is 19.1 Å². The number of nitrogens with zero attached hydrogens (tertiary/aromatic N) is 6. The molecule has 42 heavy (non-hydrogen) atoms. The molecule has 0 bridgehead atoms. The lowest BCUT2D eigenvalue weighted by Gasteiger charge is -2.26. The van der Waals surface area contributed by atoms with Crippen molar-refractivity contribution in [1.29, 1.82) is 10.5 Å². The molecule has 2 aromatic heterocycles. The van der Waals surface area contributed by atoms with Crippen LogP contribution < -0.4 is 31.3 Å². The van der Waals surface area contributed by atoms with Gasteiger partial charge in [-0.2, -0.15) is 20.0 Å². The molecule has 218 valence electrons. The third kappa shape index (κ3) is 6.28. The van der Waals surface area contributed by atoms with Crippen LogP contribution in [-0.4, -0.2) is 70.0 Å². The maximum atomic E-state index is 13.0. The lowest BCUT2D eigenvalue weighted by molar-refractivity contribution is -0.136. The molecular weight excluding hydrogens is 566 g/mol. The number of nitrogens with one attached hydrogen (secondary N) is 5. The highest BCUT2D eigenvalue weighted by atomic mass is 35.5.